The molecule has 0 heterocycles. The lowest BCUT2D eigenvalue weighted by Crippen LogP contribution is -2.47. The predicted octanol–water partition coefficient (Wildman–Crippen LogP) is 20.6. The van der Waals surface area contributed by atoms with Gasteiger partial charge in [0.2, 0.25) is 5.91 Å². The molecule has 0 aliphatic heterocycles. The van der Waals surface area contributed by atoms with Crippen molar-refractivity contribution in [1.82, 2.24) is 5.32 Å². The van der Waals surface area contributed by atoms with Crippen LogP contribution in [-0.2, 0) is 27.9 Å². The second-order valence-corrected chi connectivity index (χ2v) is 24.8. The third kappa shape index (κ3) is 62.5. The smallest absolute Gasteiger partial charge is 0.306 e. The number of ether oxygens (including phenoxy) is 1. The molecule has 1 amide bonds. The molecule has 0 rings (SSSR count). The van der Waals surface area contributed by atoms with Crippen LogP contribution in [-0.4, -0.2) is 69.4 Å². The van der Waals surface area contributed by atoms with Gasteiger partial charge in [-0.25, -0.2) is 0 Å². The highest BCUT2D eigenvalue weighted by Crippen LogP contribution is 2.38. The quantitative estimate of drug-likeness (QED) is 0.0161. The highest BCUT2D eigenvalue weighted by atomic mass is 31.2. The van der Waals surface area contributed by atoms with Gasteiger partial charge in [0.05, 0.1) is 33.8 Å². The first-order valence-electron chi connectivity index (χ1n) is 33.6. The summed E-state index contributed by atoms with van der Waals surface area (Å²) in [5, 5.41) is 3.01. The lowest BCUT2D eigenvalue weighted by atomic mass is 10.0. The number of nitrogens with one attached hydrogen (secondary N) is 1. The normalized spacial score (nSPS) is 14.4. The number of nitrogens with zero attached hydrogens (tertiary/aromatic N) is 1. The van der Waals surface area contributed by atoms with Crippen LogP contribution in [0.2, 0.25) is 0 Å². The molecule has 0 radical (unpaired) electrons. The third-order valence-corrected chi connectivity index (χ3v) is 15.2. The molecular formula is C73H125N2O7P. The minimum Gasteiger partial charge on any atom is -0.756 e. The van der Waals surface area contributed by atoms with Crippen LogP contribution in [0.4, 0.5) is 0 Å². The van der Waals surface area contributed by atoms with Gasteiger partial charge < -0.3 is 28.5 Å². The Kier molecular flexibility index (Phi) is 58.4. The summed E-state index contributed by atoms with van der Waals surface area (Å²) in [6.45, 7) is 6.63. The zero-order valence-corrected chi connectivity index (χ0v) is 55.0. The zero-order valence-electron chi connectivity index (χ0n) is 54.1. The summed E-state index contributed by atoms with van der Waals surface area (Å²) >= 11 is 0. The molecule has 0 spiro atoms. The molecular weight excluding hydrogens is 1050 g/mol. The maximum absolute atomic E-state index is 13.5. The van der Waals surface area contributed by atoms with Crippen molar-refractivity contribution in [3.05, 3.63) is 134 Å². The number of rotatable bonds is 59. The van der Waals surface area contributed by atoms with Crippen LogP contribution in [0.25, 0.3) is 0 Å². The van der Waals surface area contributed by atoms with E-state index in [4.69, 9.17) is 13.8 Å². The number of unbranched alkanes of at least 4 members (excludes halogenated alkanes) is 28. The first kappa shape index (κ1) is 79.2. The molecule has 9 nitrogen and oxygen atoms in total. The molecule has 83 heavy (non-hydrogen) atoms. The van der Waals surface area contributed by atoms with E-state index in [1.165, 1.54) is 135 Å². The molecule has 0 fully saturated rings. The van der Waals surface area contributed by atoms with E-state index in [9.17, 15) is 19.0 Å². The molecule has 1 N–H and O–H groups in total. The topological polar surface area (TPSA) is 114 Å². The Morgan fingerprint density at radius 2 is 0.819 bits per heavy atom. The van der Waals surface area contributed by atoms with Gasteiger partial charge in [0.1, 0.15) is 19.3 Å². The second-order valence-electron chi connectivity index (χ2n) is 23.4. The van der Waals surface area contributed by atoms with Crippen LogP contribution in [0.1, 0.15) is 265 Å². The van der Waals surface area contributed by atoms with Crippen LogP contribution in [0.15, 0.2) is 134 Å². The van der Waals surface area contributed by atoms with Gasteiger partial charge in [-0.15, -0.1) is 0 Å². The molecule has 0 bridgehead atoms. The molecule has 3 unspecified atom stereocenters. The number of esters is 1. The van der Waals surface area contributed by atoms with Crippen molar-refractivity contribution < 1.29 is 37.3 Å². The van der Waals surface area contributed by atoms with E-state index in [1.807, 2.05) is 94.1 Å². The second kappa shape index (κ2) is 61.2. The van der Waals surface area contributed by atoms with Crippen molar-refractivity contribution >= 4 is 19.7 Å². The van der Waals surface area contributed by atoms with Gasteiger partial charge in [-0.1, -0.05) is 290 Å². The minimum absolute atomic E-state index is 0.0391. The van der Waals surface area contributed by atoms with Gasteiger partial charge in [-0.2, -0.15) is 0 Å². The molecule has 474 valence electrons. The number of carbonyl (C=O) groups excluding carboxylic acids is 2. The minimum atomic E-state index is -4.73. The Morgan fingerprint density at radius 3 is 1.30 bits per heavy atom. The fourth-order valence-electron chi connectivity index (χ4n) is 9.07. The lowest BCUT2D eigenvalue weighted by Gasteiger charge is -2.30. The average Bonchev–Trinajstić information content (AvgIpc) is 3.46. The molecule has 0 aliphatic carbocycles. The monoisotopic (exact) mass is 1170 g/mol. The van der Waals surface area contributed by atoms with Crippen LogP contribution < -0.4 is 10.2 Å². The highest BCUT2D eigenvalue weighted by Gasteiger charge is 2.27. The van der Waals surface area contributed by atoms with Gasteiger partial charge in [0, 0.05) is 12.8 Å². The number of carbonyl (C=O) groups is 2. The van der Waals surface area contributed by atoms with Crippen LogP contribution in [0, 0.1) is 0 Å². The van der Waals surface area contributed by atoms with Crippen LogP contribution in [0.3, 0.4) is 0 Å². The van der Waals surface area contributed by atoms with Gasteiger partial charge in [0.15, 0.2) is 0 Å². The third-order valence-electron chi connectivity index (χ3n) is 14.2. The molecule has 10 heteroatoms. The molecule has 0 aromatic heterocycles. The van der Waals surface area contributed by atoms with Gasteiger partial charge in [0.25, 0.3) is 7.82 Å². The fraction of sp³-hybridized carbons (Fsp3) is 0.671. The first-order valence-corrected chi connectivity index (χ1v) is 35.0. The number of hydrogen-bond acceptors (Lipinski definition) is 7. The summed E-state index contributed by atoms with van der Waals surface area (Å²) < 4.78 is 30.4. The average molecular weight is 1170 g/mol. The maximum Gasteiger partial charge on any atom is 0.306 e. The van der Waals surface area contributed by atoms with Gasteiger partial charge >= 0.3 is 5.97 Å². The van der Waals surface area contributed by atoms with E-state index in [0.717, 1.165) is 83.5 Å². The van der Waals surface area contributed by atoms with Crippen molar-refractivity contribution in [1.29, 1.82) is 0 Å². The number of hydrogen-bond donors (Lipinski definition) is 1. The standard InChI is InChI=1S/C73H125N2O7P/c1-7-10-13-16-19-22-25-28-30-32-33-34-35-36-37-38-39-40-41-43-45-48-51-54-57-60-63-66-73(77)82-71(64-61-58-55-52-49-46-27-24-21-18-15-12-9-3)70(69-81-83(78,79)80-68-67-75(4,5)6)74-72(76)65-62-59-56-53-50-47-44-42-31-29-26-23-20-17-14-11-8-2/h11,14,17,19-20,22-23,26,28-31,33-34,36-37,42,44,47,50,61,64,70-71H,7-10,12-13,15-16,18,21,24-25,27,32,35,38-41,43,45-46,48-49,51-60,62-63,65-69H2,1-6H3,(H-,74,76,78,79)/b14-11-,20-17+,22-19-,26-23+,30-28-,31-29-,34-33-,37-36-,44-42+,50-47+,64-61-. The Morgan fingerprint density at radius 1 is 0.446 bits per heavy atom. The summed E-state index contributed by atoms with van der Waals surface area (Å²) in [5.41, 5.74) is 0. The van der Waals surface area contributed by atoms with Crippen LogP contribution in [0.5, 0.6) is 0 Å². The SMILES string of the molecule is CC\C=C/C=C/C=C/C=C\C=C\C=C\CCCCCC(=O)NC(COP(=O)([O-])OCC[N+](C)(C)C)C(/C=C\CCCCCCCCCCCCC)OC(=O)CCCCCCCCCCCCC/C=C\C/C=C\C/C=C\C/C=C\CCCCC. The number of allylic oxidation sites excluding steroid dienone is 21. The number of phosphoric acid groups is 1. The number of phosphoric ester groups is 1. The number of amides is 1. The van der Waals surface area contributed by atoms with Crippen molar-refractivity contribution in [3.8, 4) is 0 Å². The van der Waals surface area contributed by atoms with E-state index in [0.29, 0.717) is 23.9 Å². The Balaban J connectivity index is 5.20. The predicted molar refractivity (Wildman–Crippen MR) is 357 cm³/mol. The largest absolute Gasteiger partial charge is 0.756 e. The van der Waals surface area contributed by atoms with Crippen molar-refractivity contribution in [2.75, 3.05) is 40.9 Å². The Bertz CT molecular complexity index is 1880. The maximum atomic E-state index is 13.5. The van der Waals surface area contributed by atoms with Gasteiger partial charge in [-0.3, -0.25) is 14.2 Å². The zero-order chi connectivity index (χ0) is 60.7. The first-order chi connectivity index (χ1) is 40.4. The molecule has 0 saturated heterocycles. The van der Waals surface area contributed by atoms with E-state index < -0.39 is 26.6 Å². The highest BCUT2D eigenvalue weighted by molar-refractivity contribution is 7.45. The van der Waals surface area contributed by atoms with Crippen molar-refractivity contribution in [3.63, 3.8) is 0 Å². The summed E-state index contributed by atoms with van der Waals surface area (Å²) in [6.07, 6.45) is 87.1. The Hall–Kier alpha value is -3.85. The lowest BCUT2D eigenvalue weighted by molar-refractivity contribution is -0.870. The summed E-state index contributed by atoms with van der Waals surface area (Å²) in [4.78, 5) is 40.1. The van der Waals surface area contributed by atoms with Crippen LogP contribution >= 0.6 is 7.82 Å². The van der Waals surface area contributed by atoms with Crippen molar-refractivity contribution in [2.45, 2.75) is 277 Å². The van der Waals surface area contributed by atoms with E-state index >= 15 is 0 Å². The molecule has 0 saturated carbocycles. The van der Waals surface area contributed by atoms with E-state index in [-0.39, 0.29) is 31.3 Å². The number of likely N-dealkylation sites (N-methyl/N-ethyl adjacent to an activating group) is 1. The summed E-state index contributed by atoms with van der Waals surface area (Å²) in [6, 6.07) is -0.923. The van der Waals surface area contributed by atoms with E-state index in [2.05, 4.69) is 86.8 Å². The number of quaternary nitrogens is 1. The fourth-order valence-corrected chi connectivity index (χ4v) is 9.79. The molecule has 0 aliphatic rings. The Labute approximate surface area is 511 Å². The summed E-state index contributed by atoms with van der Waals surface area (Å²) in [7, 11) is 1.13. The van der Waals surface area contributed by atoms with E-state index in [1.54, 1.807) is 0 Å². The van der Waals surface area contributed by atoms with Crippen molar-refractivity contribution in [2.24, 2.45) is 0 Å². The molecule has 3 atom stereocenters. The molecule has 0 aromatic rings. The molecule has 0 aromatic carbocycles. The summed E-state index contributed by atoms with van der Waals surface area (Å²) in [5.74, 6) is -0.601. The van der Waals surface area contributed by atoms with Gasteiger partial charge in [-0.05, 0) is 96.0 Å².